The molecule has 2 nitrogen and oxygen atoms in total. The maximum absolute atomic E-state index is 12.2. The van der Waals surface area contributed by atoms with Gasteiger partial charge in [-0.15, -0.1) is 0 Å². The van der Waals surface area contributed by atoms with Gasteiger partial charge in [0.05, 0.1) is 0 Å². The van der Waals surface area contributed by atoms with Crippen molar-refractivity contribution in [2.45, 2.75) is 39.8 Å². The lowest BCUT2D eigenvalue weighted by Crippen LogP contribution is -2.35. The molecule has 0 fully saturated rings. The molecule has 0 radical (unpaired) electrons. The van der Waals surface area contributed by atoms with Gasteiger partial charge in [0, 0.05) is 22.1 Å². The summed E-state index contributed by atoms with van der Waals surface area (Å²) < 4.78 is 18.8. The predicted octanol–water partition coefficient (Wildman–Crippen LogP) is 3.99. The number of nitrogens with one attached hydrogen (secondary N) is 1. The van der Waals surface area contributed by atoms with Crippen molar-refractivity contribution in [3.63, 3.8) is 0 Å². The molecule has 1 N–H and O–H groups in total. The number of hydrogen-bond donors (Lipinski definition) is 1. The monoisotopic (exact) mass is 317 g/mol. The molecule has 0 saturated carbocycles. The SMILES string of the molecule is Cc1cc(Br)cc(CNC(C)(C)C)c1OCCF. The van der Waals surface area contributed by atoms with Crippen LogP contribution >= 0.6 is 15.9 Å². The molecule has 18 heavy (non-hydrogen) atoms. The van der Waals surface area contributed by atoms with Crippen LogP contribution in [0.5, 0.6) is 5.75 Å². The normalized spacial score (nSPS) is 11.7. The first-order valence-corrected chi connectivity index (χ1v) is 6.85. The van der Waals surface area contributed by atoms with E-state index in [1.54, 1.807) is 0 Å². The molecule has 0 spiro atoms. The molecule has 0 aliphatic rings. The highest BCUT2D eigenvalue weighted by Gasteiger charge is 2.13. The smallest absolute Gasteiger partial charge is 0.126 e. The lowest BCUT2D eigenvalue weighted by Gasteiger charge is -2.22. The van der Waals surface area contributed by atoms with Gasteiger partial charge in [-0.3, -0.25) is 0 Å². The van der Waals surface area contributed by atoms with Gasteiger partial charge in [-0.05, 0) is 45.4 Å². The third-order valence-corrected chi connectivity index (χ3v) is 2.91. The fourth-order valence-electron chi connectivity index (χ4n) is 1.64. The van der Waals surface area contributed by atoms with Crippen LogP contribution in [-0.2, 0) is 6.54 Å². The predicted molar refractivity (Wildman–Crippen MR) is 76.9 cm³/mol. The molecule has 0 aliphatic carbocycles. The standard InChI is InChI=1S/C14H21BrFNO/c1-10-7-12(15)8-11(9-17-14(2,3)4)13(10)18-6-5-16/h7-8,17H,5-6,9H2,1-4H3. The van der Waals surface area contributed by atoms with Crippen molar-refractivity contribution >= 4 is 15.9 Å². The molecule has 4 heteroatoms. The van der Waals surface area contributed by atoms with Crippen molar-refractivity contribution in [1.29, 1.82) is 0 Å². The molecule has 0 atom stereocenters. The Hall–Kier alpha value is -0.610. The maximum atomic E-state index is 12.2. The highest BCUT2D eigenvalue weighted by Crippen LogP contribution is 2.28. The summed E-state index contributed by atoms with van der Waals surface area (Å²) in [5.74, 6) is 0.785. The quantitative estimate of drug-likeness (QED) is 0.886. The Balaban J connectivity index is 2.92. The zero-order valence-electron chi connectivity index (χ0n) is 11.4. The van der Waals surface area contributed by atoms with Crippen molar-refractivity contribution in [1.82, 2.24) is 5.32 Å². The number of alkyl halides is 1. The van der Waals surface area contributed by atoms with Crippen LogP contribution in [0.25, 0.3) is 0 Å². The van der Waals surface area contributed by atoms with Crippen LogP contribution in [-0.4, -0.2) is 18.8 Å². The lowest BCUT2D eigenvalue weighted by molar-refractivity contribution is 0.268. The second-order valence-electron chi connectivity index (χ2n) is 5.35. The van der Waals surface area contributed by atoms with Gasteiger partial charge in [-0.1, -0.05) is 15.9 Å². The Morgan fingerprint density at radius 3 is 2.56 bits per heavy atom. The van der Waals surface area contributed by atoms with Crippen LogP contribution in [0.4, 0.5) is 4.39 Å². The van der Waals surface area contributed by atoms with E-state index in [0.29, 0.717) is 6.54 Å². The first-order valence-electron chi connectivity index (χ1n) is 6.06. The summed E-state index contributed by atoms with van der Waals surface area (Å²) in [6, 6.07) is 3.99. The summed E-state index contributed by atoms with van der Waals surface area (Å²) in [5.41, 5.74) is 2.10. The molecule has 0 amide bonds. The highest BCUT2D eigenvalue weighted by molar-refractivity contribution is 9.10. The maximum Gasteiger partial charge on any atom is 0.126 e. The van der Waals surface area contributed by atoms with Crippen LogP contribution < -0.4 is 10.1 Å². The molecule has 1 aromatic carbocycles. The van der Waals surface area contributed by atoms with Gasteiger partial charge in [0.25, 0.3) is 0 Å². The number of hydrogen-bond acceptors (Lipinski definition) is 2. The van der Waals surface area contributed by atoms with Crippen LogP contribution in [0.15, 0.2) is 16.6 Å². The highest BCUT2D eigenvalue weighted by atomic mass is 79.9. The van der Waals surface area contributed by atoms with E-state index < -0.39 is 6.67 Å². The number of aryl methyl sites for hydroxylation is 1. The summed E-state index contributed by atoms with van der Waals surface area (Å²) in [5, 5.41) is 3.41. The van der Waals surface area contributed by atoms with Gasteiger partial charge in [0.15, 0.2) is 0 Å². The van der Waals surface area contributed by atoms with Crippen molar-refractivity contribution in [2.24, 2.45) is 0 Å². The molecule has 0 heterocycles. The van der Waals surface area contributed by atoms with E-state index in [2.05, 4.69) is 42.0 Å². The van der Waals surface area contributed by atoms with Gasteiger partial charge >= 0.3 is 0 Å². The average molecular weight is 318 g/mol. The van der Waals surface area contributed by atoms with Crippen molar-refractivity contribution in [3.05, 3.63) is 27.7 Å². The average Bonchev–Trinajstić information content (AvgIpc) is 2.23. The van der Waals surface area contributed by atoms with Gasteiger partial charge in [-0.2, -0.15) is 0 Å². The second-order valence-corrected chi connectivity index (χ2v) is 6.27. The van der Waals surface area contributed by atoms with Crippen LogP contribution in [0.2, 0.25) is 0 Å². The minimum atomic E-state index is -0.471. The summed E-state index contributed by atoms with van der Waals surface area (Å²) in [6.07, 6.45) is 0. The zero-order chi connectivity index (χ0) is 13.8. The Labute approximate surface area is 117 Å². The third kappa shape index (κ3) is 4.94. The Morgan fingerprint density at radius 2 is 2.00 bits per heavy atom. The number of benzene rings is 1. The van der Waals surface area contributed by atoms with Crippen molar-refractivity contribution in [2.75, 3.05) is 13.3 Å². The Kier molecular flexibility index (Phi) is 5.60. The van der Waals surface area contributed by atoms with Gasteiger partial charge in [0.2, 0.25) is 0 Å². The Bertz CT molecular complexity index is 402. The summed E-state index contributed by atoms with van der Waals surface area (Å²) in [4.78, 5) is 0. The molecule has 0 saturated heterocycles. The fourth-order valence-corrected chi connectivity index (χ4v) is 2.26. The molecule has 102 valence electrons. The van der Waals surface area contributed by atoms with Crippen molar-refractivity contribution < 1.29 is 9.13 Å². The molecule has 0 unspecified atom stereocenters. The van der Waals surface area contributed by atoms with E-state index in [1.807, 2.05) is 19.1 Å². The molecule has 1 rings (SSSR count). The second kappa shape index (κ2) is 6.53. The Morgan fingerprint density at radius 1 is 1.33 bits per heavy atom. The number of halogens is 2. The number of ether oxygens (including phenoxy) is 1. The van der Waals surface area contributed by atoms with Crippen molar-refractivity contribution in [3.8, 4) is 5.75 Å². The minimum Gasteiger partial charge on any atom is -0.490 e. The largest absolute Gasteiger partial charge is 0.490 e. The van der Waals surface area contributed by atoms with Crippen LogP contribution in [0, 0.1) is 6.92 Å². The number of rotatable bonds is 5. The minimum absolute atomic E-state index is 0.0353. The molecule has 0 bridgehead atoms. The molecule has 0 aliphatic heterocycles. The van der Waals surface area contributed by atoms with E-state index in [-0.39, 0.29) is 12.1 Å². The van der Waals surface area contributed by atoms with E-state index in [9.17, 15) is 4.39 Å². The topological polar surface area (TPSA) is 21.3 Å². The van der Waals surface area contributed by atoms with E-state index in [1.165, 1.54) is 0 Å². The summed E-state index contributed by atoms with van der Waals surface area (Å²) >= 11 is 3.48. The third-order valence-electron chi connectivity index (χ3n) is 2.45. The zero-order valence-corrected chi connectivity index (χ0v) is 13.0. The molecule has 1 aromatic rings. The first-order chi connectivity index (χ1) is 8.33. The van der Waals surface area contributed by atoms with E-state index in [0.717, 1.165) is 21.3 Å². The lowest BCUT2D eigenvalue weighted by atomic mass is 10.1. The summed E-state index contributed by atoms with van der Waals surface area (Å²) in [7, 11) is 0. The first kappa shape index (κ1) is 15.4. The van der Waals surface area contributed by atoms with Gasteiger partial charge in [-0.25, -0.2) is 4.39 Å². The molecular formula is C14H21BrFNO. The molecular weight excluding hydrogens is 297 g/mol. The summed E-state index contributed by atoms with van der Waals surface area (Å²) in [6.45, 7) is 8.64. The van der Waals surface area contributed by atoms with Crippen LogP contribution in [0.1, 0.15) is 31.9 Å². The van der Waals surface area contributed by atoms with Crippen LogP contribution in [0.3, 0.4) is 0 Å². The molecule has 0 aromatic heterocycles. The van der Waals surface area contributed by atoms with Gasteiger partial charge < -0.3 is 10.1 Å². The van der Waals surface area contributed by atoms with E-state index >= 15 is 0 Å². The fraction of sp³-hybridized carbons (Fsp3) is 0.571. The van der Waals surface area contributed by atoms with E-state index in [4.69, 9.17) is 4.74 Å². The van der Waals surface area contributed by atoms with Gasteiger partial charge in [0.1, 0.15) is 19.0 Å².